The van der Waals surface area contributed by atoms with E-state index in [0.717, 1.165) is 42.8 Å². The van der Waals surface area contributed by atoms with E-state index in [4.69, 9.17) is 9.47 Å². The maximum absolute atomic E-state index is 10.5. The zero-order valence-electron chi connectivity index (χ0n) is 12.6. The van der Waals surface area contributed by atoms with Crippen molar-refractivity contribution in [1.82, 2.24) is 0 Å². The molecule has 0 spiro atoms. The lowest BCUT2D eigenvalue weighted by Gasteiger charge is -2.41. The maximum Gasteiger partial charge on any atom is 0.120 e. The summed E-state index contributed by atoms with van der Waals surface area (Å²) in [6, 6.07) is 0. The fourth-order valence-corrected chi connectivity index (χ4v) is 4.38. The molecule has 120 valence electrons. The third-order valence-corrected chi connectivity index (χ3v) is 5.98. The SMILES string of the molecule is C=C(O)[C@H](C)C[C@H]1CC[C@@H]2O[C@@H](CCC=O)CC2(CI)O1. The largest absolute Gasteiger partial charge is 0.513 e. The quantitative estimate of drug-likeness (QED) is 0.303. The van der Waals surface area contributed by atoms with E-state index in [1.165, 1.54) is 0 Å². The highest BCUT2D eigenvalue weighted by Crippen LogP contribution is 2.44. The lowest BCUT2D eigenvalue weighted by Crippen LogP contribution is -2.50. The number of halogens is 1. The number of carbonyl (C=O) groups excluding carboxylic acids is 1. The van der Waals surface area contributed by atoms with Gasteiger partial charge in [-0.3, -0.25) is 0 Å². The zero-order chi connectivity index (χ0) is 15.5. The number of fused-ring (bicyclic) bond motifs is 1. The number of ether oxygens (including phenoxy) is 2. The Kier molecular flexibility index (Phi) is 6.08. The molecule has 2 aliphatic heterocycles. The van der Waals surface area contributed by atoms with Crippen molar-refractivity contribution in [2.75, 3.05) is 4.43 Å². The number of carbonyl (C=O) groups is 1. The first-order valence-corrected chi connectivity index (χ1v) is 9.24. The molecule has 2 fully saturated rings. The molecule has 0 aliphatic carbocycles. The lowest BCUT2D eigenvalue weighted by atomic mass is 9.86. The number of aliphatic hydroxyl groups excluding tert-OH is 1. The van der Waals surface area contributed by atoms with Crippen LogP contribution in [0.1, 0.15) is 45.4 Å². The molecule has 2 rings (SSSR count). The molecule has 5 atom stereocenters. The van der Waals surface area contributed by atoms with E-state index < -0.39 is 0 Å². The van der Waals surface area contributed by atoms with Crippen LogP contribution in [0.25, 0.3) is 0 Å². The van der Waals surface area contributed by atoms with E-state index in [9.17, 15) is 9.90 Å². The van der Waals surface area contributed by atoms with Gasteiger partial charge in [-0.2, -0.15) is 0 Å². The predicted octanol–water partition coefficient (Wildman–Crippen LogP) is 3.57. The highest BCUT2D eigenvalue weighted by Gasteiger charge is 2.52. The van der Waals surface area contributed by atoms with Crippen molar-refractivity contribution in [3.05, 3.63) is 12.3 Å². The van der Waals surface area contributed by atoms with Gasteiger partial charge in [0, 0.05) is 23.2 Å². The van der Waals surface area contributed by atoms with Gasteiger partial charge in [0.15, 0.2) is 0 Å². The molecule has 0 amide bonds. The molecule has 0 aromatic heterocycles. The van der Waals surface area contributed by atoms with Gasteiger partial charge in [-0.05, 0) is 25.7 Å². The Morgan fingerprint density at radius 1 is 1.52 bits per heavy atom. The number of allylic oxidation sites excluding steroid dienone is 1. The number of aliphatic hydroxyl groups is 1. The molecule has 0 bridgehead atoms. The smallest absolute Gasteiger partial charge is 0.120 e. The van der Waals surface area contributed by atoms with E-state index in [-0.39, 0.29) is 35.6 Å². The van der Waals surface area contributed by atoms with Crippen molar-refractivity contribution < 1.29 is 19.4 Å². The summed E-state index contributed by atoms with van der Waals surface area (Å²) < 4.78 is 13.4. The highest BCUT2D eigenvalue weighted by molar-refractivity contribution is 14.1. The molecule has 2 heterocycles. The number of aldehydes is 1. The number of alkyl halides is 1. The molecule has 2 aliphatic rings. The number of hydrogen-bond donors (Lipinski definition) is 1. The van der Waals surface area contributed by atoms with Crippen molar-refractivity contribution in [2.24, 2.45) is 5.92 Å². The fraction of sp³-hybridized carbons (Fsp3) is 0.812. The summed E-state index contributed by atoms with van der Waals surface area (Å²) in [5.74, 6) is 0.293. The summed E-state index contributed by atoms with van der Waals surface area (Å²) in [6.45, 7) is 5.59. The minimum atomic E-state index is -0.215. The molecule has 1 N–H and O–H groups in total. The Balaban J connectivity index is 1.97. The van der Waals surface area contributed by atoms with Crippen molar-refractivity contribution in [1.29, 1.82) is 0 Å². The second kappa shape index (κ2) is 7.42. The van der Waals surface area contributed by atoms with Crippen molar-refractivity contribution in [3.8, 4) is 0 Å². The van der Waals surface area contributed by atoms with Crippen LogP contribution in [0, 0.1) is 5.92 Å². The zero-order valence-corrected chi connectivity index (χ0v) is 14.8. The Morgan fingerprint density at radius 3 is 2.90 bits per heavy atom. The van der Waals surface area contributed by atoms with Gasteiger partial charge in [0.2, 0.25) is 0 Å². The van der Waals surface area contributed by atoms with Crippen LogP contribution in [0.2, 0.25) is 0 Å². The van der Waals surface area contributed by atoms with Gasteiger partial charge < -0.3 is 19.4 Å². The summed E-state index contributed by atoms with van der Waals surface area (Å²) in [5.41, 5.74) is -0.215. The van der Waals surface area contributed by atoms with E-state index >= 15 is 0 Å². The summed E-state index contributed by atoms with van der Waals surface area (Å²) in [5, 5.41) is 9.49. The van der Waals surface area contributed by atoms with Gasteiger partial charge >= 0.3 is 0 Å². The standard InChI is InChI=1S/C16H25IO4/c1-11(12(2)19)8-13-5-6-15-16(10-17,21-13)9-14(20-15)4-3-7-18/h7,11,13-15,19H,2-6,8-10H2,1H3/t11-,13-,14+,15+,16?/m1/s1. The molecule has 0 aromatic carbocycles. The van der Waals surface area contributed by atoms with Crippen LogP contribution in [-0.4, -0.2) is 39.7 Å². The first-order valence-electron chi connectivity index (χ1n) is 7.71. The number of hydrogen-bond acceptors (Lipinski definition) is 4. The molecule has 1 unspecified atom stereocenters. The van der Waals surface area contributed by atoms with Gasteiger partial charge in [0.1, 0.15) is 11.9 Å². The van der Waals surface area contributed by atoms with E-state index in [0.29, 0.717) is 6.42 Å². The van der Waals surface area contributed by atoms with Crippen LogP contribution in [0.15, 0.2) is 12.3 Å². The van der Waals surface area contributed by atoms with Crippen molar-refractivity contribution >= 4 is 28.9 Å². The minimum Gasteiger partial charge on any atom is -0.513 e. The topological polar surface area (TPSA) is 55.8 Å². The van der Waals surface area contributed by atoms with Crippen LogP contribution < -0.4 is 0 Å². The molecule has 0 saturated carbocycles. The minimum absolute atomic E-state index is 0.0611. The second-order valence-electron chi connectivity index (χ2n) is 6.34. The average Bonchev–Trinajstić information content (AvgIpc) is 2.83. The molecule has 4 nitrogen and oxygen atoms in total. The van der Waals surface area contributed by atoms with Crippen molar-refractivity contribution in [3.63, 3.8) is 0 Å². The van der Waals surface area contributed by atoms with E-state index in [1.807, 2.05) is 6.92 Å². The first kappa shape index (κ1) is 17.2. The van der Waals surface area contributed by atoms with Crippen LogP contribution >= 0.6 is 22.6 Å². The summed E-state index contributed by atoms with van der Waals surface area (Å²) >= 11 is 2.38. The highest BCUT2D eigenvalue weighted by atomic mass is 127. The van der Waals surface area contributed by atoms with Crippen LogP contribution in [0.3, 0.4) is 0 Å². The second-order valence-corrected chi connectivity index (χ2v) is 7.10. The Labute approximate surface area is 140 Å². The van der Waals surface area contributed by atoms with Crippen LogP contribution in [-0.2, 0) is 14.3 Å². The van der Waals surface area contributed by atoms with E-state index in [2.05, 4.69) is 29.2 Å². The Morgan fingerprint density at radius 2 is 2.29 bits per heavy atom. The molecule has 0 radical (unpaired) electrons. The maximum atomic E-state index is 10.5. The normalized spacial score (nSPS) is 37.0. The fourth-order valence-electron chi connectivity index (χ4n) is 3.40. The van der Waals surface area contributed by atoms with Gasteiger partial charge in [0.25, 0.3) is 0 Å². The summed E-state index contributed by atoms with van der Waals surface area (Å²) in [6.07, 6.45) is 6.38. The molecule has 0 aromatic rings. The summed E-state index contributed by atoms with van der Waals surface area (Å²) in [7, 11) is 0. The first-order chi connectivity index (χ1) is 10.0. The van der Waals surface area contributed by atoms with Gasteiger partial charge in [0.05, 0.1) is 24.1 Å². The number of rotatable bonds is 7. The molecular weight excluding hydrogens is 383 g/mol. The molecule has 2 saturated heterocycles. The third-order valence-electron chi connectivity index (χ3n) is 4.69. The Hall–Kier alpha value is -0.140. The Bertz CT molecular complexity index is 386. The van der Waals surface area contributed by atoms with Crippen LogP contribution in [0.5, 0.6) is 0 Å². The van der Waals surface area contributed by atoms with Gasteiger partial charge in [-0.1, -0.05) is 36.1 Å². The molecule has 21 heavy (non-hydrogen) atoms. The molecular formula is C16H25IO4. The monoisotopic (exact) mass is 408 g/mol. The van der Waals surface area contributed by atoms with E-state index in [1.54, 1.807) is 0 Å². The average molecular weight is 408 g/mol. The van der Waals surface area contributed by atoms with Crippen molar-refractivity contribution in [2.45, 2.75) is 69.4 Å². The van der Waals surface area contributed by atoms with Gasteiger partial charge in [-0.15, -0.1) is 0 Å². The lowest BCUT2D eigenvalue weighted by molar-refractivity contribution is -0.156. The van der Waals surface area contributed by atoms with Crippen LogP contribution in [0.4, 0.5) is 0 Å². The summed E-state index contributed by atoms with van der Waals surface area (Å²) in [4.78, 5) is 10.5. The third kappa shape index (κ3) is 3.99. The molecule has 5 heteroatoms. The predicted molar refractivity (Wildman–Crippen MR) is 89.9 cm³/mol. The van der Waals surface area contributed by atoms with Gasteiger partial charge in [-0.25, -0.2) is 0 Å².